The first kappa shape index (κ1) is 17.0. The summed E-state index contributed by atoms with van der Waals surface area (Å²) in [7, 11) is 0. The van der Waals surface area contributed by atoms with Gasteiger partial charge in [0.05, 0.1) is 6.54 Å². The first-order chi connectivity index (χ1) is 13.0. The van der Waals surface area contributed by atoms with Gasteiger partial charge in [0.1, 0.15) is 11.4 Å². The topological polar surface area (TPSA) is 70.9 Å². The van der Waals surface area contributed by atoms with Crippen LogP contribution in [0.4, 0.5) is 8.78 Å². The second-order valence-corrected chi connectivity index (χ2v) is 6.21. The van der Waals surface area contributed by atoms with Gasteiger partial charge in [-0.3, -0.25) is 9.89 Å². The van der Waals surface area contributed by atoms with Crippen LogP contribution >= 0.6 is 0 Å². The largest absolute Gasteiger partial charge is 0.508 e. The van der Waals surface area contributed by atoms with E-state index in [0.29, 0.717) is 28.4 Å². The van der Waals surface area contributed by atoms with Crippen molar-refractivity contribution < 1.29 is 13.9 Å². The molecule has 0 aliphatic heterocycles. The summed E-state index contributed by atoms with van der Waals surface area (Å²) in [6.45, 7) is 0.322. The van der Waals surface area contributed by atoms with Crippen LogP contribution in [0, 0.1) is 0 Å². The van der Waals surface area contributed by atoms with Crippen molar-refractivity contribution in [3.63, 3.8) is 0 Å². The number of aromatic hydroxyl groups is 1. The highest BCUT2D eigenvalue weighted by molar-refractivity contribution is 5.86. The number of phenolic OH excluding ortho intramolecular Hbond substituents is 1. The van der Waals surface area contributed by atoms with Crippen LogP contribution < -0.4 is 5.56 Å². The summed E-state index contributed by atoms with van der Waals surface area (Å²) in [4.78, 5) is 12.8. The molecule has 4 rings (SSSR count). The number of aromatic nitrogens is 3. The second kappa shape index (κ2) is 6.68. The molecule has 2 heterocycles. The number of hydrogen-bond acceptors (Lipinski definition) is 3. The van der Waals surface area contributed by atoms with E-state index < -0.39 is 6.43 Å². The standard InChI is InChI=1S/C20H15F2N3O2/c21-19(22)18-17(10-23-24-18)13-4-5-16-14(9-13)6-7-25(20(16)27)11-12-2-1-3-15(26)8-12/h1-10,19,26H,11H2,(H,23,24). The molecule has 5 nitrogen and oxygen atoms in total. The van der Waals surface area contributed by atoms with Crippen molar-refractivity contribution in [2.24, 2.45) is 0 Å². The maximum absolute atomic E-state index is 13.1. The minimum atomic E-state index is -2.68. The van der Waals surface area contributed by atoms with Crippen LogP contribution in [0.1, 0.15) is 17.7 Å². The van der Waals surface area contributed by atoms with Crippen molar-refractivity contribution >= 4 is 10.8 Å². The normalized spacial score (nSPS) is 11.4. The number of aromatic amines is 1. The molecule has 4 aromatic rings. The summed E-state index contributed by atoms with van der Waals surface area (Å²) in [5.41, 5.74) is 1.18. The molecule has 0 unspecified atom stereocenters. The van der Waals surface area contributed by atoms with Gasteiger partial charge in [-0.1, -0.05) is 18.2 Å². The predicted molar refractivity (Wildman–Crippen MR) is 98.0 cm³/mol. The molecular formula is C20H15F2N3O2. The number of nitrogens with one attached hydrogen (secondary N) is 1. The molecule has 0 aliphatic rings. The van der Waals surface area contributed by atoms with Crippen molar-refractivity contribution in [1.29, 1.82) is 0 Å². The minimum Gasteiger partial charge on any atom is -0.508 e. The number of fused-ring (bicyclic) bond motifs is 1. The lowest BCUT2D eigenvalue weighted by molar-refractivity contribution is 0.146. The van der Waals surface area contributed by atoms with Crippen molar-refractivity contribution in [2.45, 2.75) is 13.0 Å². The molecule has 2 N–H and O–H groups in total. The number of alkyl halides is 2. The van der Waals surface area contributed by atoms with Gasteiger partial charge in [-0.15, -0.1) is 0 Å². The van der Waals surface area contributed by atoms with Gasteiger partial charge in [0.15, 0.2) is 0 Å². The molecule has 0 atom stereocenters. The van der Waals surface area contributed by atoms with Crippen LogP contribution in [0.5, 0.6) is 5.75 Å². The third kappa shape index (κ3) is 3.19. The number of hydrogen-bond donors (Lipinski definition) is 2. The zero-order chi connectivity index (χ0) is 19.0. The summed E-state index contributed by atoms with van der Waals surface area (Å²) in [5, 5.41) is 16.8. The van der Waals surface area contributed by atoms with E-state index in [9.17, 15) is 18.7 Å². The van der Waals surface area contributed by atoms with Crippen molar-refractivity contribution in [3.05, 3.63) is 82.5 Å². The van der Waals surface area contributed by atoms with Crippen LogP contribution in [0.2, 0.25) is 0 Å². The second-order valence-electron chi connectivity index (χ2n) is 6.21. The number of phenols is 1. The van der Waals surface area contributed by atoms with E-state index in [-0.39, 0.29) is 17.0 Å². The Bertz CT molecular complexity index is 1180. The molecule has 27 heavy (non-hydrogen) atoms. The Morgan fingerprint density at radius 1 is 1.15 bits per heavy atom. The summed E-state index contributed by atoms with van der Waals surface area (Å²) in [6.07, 6.45) is 0.394. The third-order valence-electron chi connectivity index (χ3n) is 4.43. The van der Waals surface area contributed by atoms with Gasteiger partial charge in [-0.25, -0.2) is 8.78 Å². The van der Waals surface area contributed by atoms with Crippen molar-refractivity contribution in [1.82, 2.24) is 14.8 Å². The highest BCUT2D eigenvalue weighted by atomic mass is 19.3. The van der Waals surface area contributed by atoms with E-state index in [1.807, 2.05) is 6.07 Å². The number of halogens is 2. The highest BCUT2D eigenvalue weighted by Gasteiger charge is 2.17. The average molecular weight is 367 g/mol. The minimum absolute atomic E-state index is 0.140. The Kier molecular flexibility index (Phi) is 4.19. The Morgan fingerprint density at radius 2 is 2.00 bits per heavy atom. The Labute approximate surface area is 152 Å². The maximum Gasteiger partial charge on any atom is 0.282 e. The fraction of sp³-hybridized carbons (Fsp3) is 0.100. The summed E-state index contributed by atoms with van der Waals surface area (Å²) in [5.74, 6) is 0.140. The molecule has 0 saturated carbocycles. The molecule has 2 aromatic heterocycles. The summed E-state index contributed by atoms with van der Waals surface area (Å²) < 4.78 is 27.7. The summed E-state index contributed by atoms with van der Waals surface area (Å²) >= 11 is 0. The number of benzene rings is 2. The number of H-pyrrole nitrogens is 1. The number of pyridine rings is 1. The maximum atomic E-state index is 13.1. The monoisotopic (exact) mass is 367 g/mol. The zero-order valence-electron chi connectivity index (χ0n) is 14.1. The van der Waals surface area contributed by atoms with E-state index in [1.165, 1.54) is 6.20 Å². The lowest BCUT2D eigenvalue weighted by Gasteiger charge is -2.09. The van der Waals surface area contributed by atoms with E-state index in [0.717, 1.165) is 5.56 Å². The van der Waals surface area contributed by atoms with Gasteiger partial charge >= 0.3 is 0 Å². The predicted octanol–water partition coefficient (Wildman–Crippen LogP) is 4.08. The van der Waals surface area contributed by atoms with Crippen LogP contribution in [0.3, 0.4) is 0 Å². The van der Waals surface area contributed by atoms with Crippen LogP contribution in [0.15, 0.2) is 65.7 Å². The summed E-state index contributed by atoms with van der Waals surface area (Å²) in [6, 6.07) is 13.5. The quantitative estimate of drug-likeness (QED) is 0.571. The fourth-order valence-electron chi connectivity index (χ4n) is 3.13. The molecule has 7 heteroatoms. The highest BCUT2D eigenvalue weighted by Crippen LogP contribution is 2.30. The first-order valence-electron chi connectivity index (χ1n) is 8.26. The molecule has 0 radical (unpaired) electrons. The van der Waals surface area contributed by atoms with Gasteiger partial charge in [0, 0.05) is 23.3 Å². The van der Waals surface area contributed by atoms with Crippen LogP contribution in [-0.2, 0) is 6.54 Å². The van der Waals surface area contributed by atoms with Gasteiger partial charge in [0.25, 0.3) is 12.0 Å². The van der Waals surface area contributed by atoms with E-state index >= 15 is 0 Å². The molecule has 136 valence electrons. The lowest BCUT2D eigenvalue weighted by Crippen LogP contribution is -2.19. The average Bonchev–Trinajstić information content (AvgIpc) is 3.14. The lowest BCUT2D eigenvalue weighted by atomic mass is 10.0. The smallest absolute Gasteiger partial charge is 0.282 e. The Balaban J connectivity index is 1.74. The van der Waals surface area contributed by atoms with E-state index in [2.05, 4.69) is 10.2 Å². The molecular weight excluding hydrogens is 352 g/mol. The van der Waals surface area contributed by atoms with Crippen LogP contribution in [-0.4, -0.2) is 19.9 Å². The van der Waals surface area contributed by atoms with Crippen LogP contribution in [0.25, 0.3) is 21.9 Å². The number of rotatable bonds is 4. The molecule has 0 spiro atoms. The molecule has 0 bridgehead atoms. The van der Waals surface area contributed by atoms with Crippen molar-refractivity contribution in [2.75, 3.05) is 0 Å². The van der Waals surface area contributed by atoms with E-state index in [1.54, 1.807) is 53.2 Å². The van der Waals surface area contributed by atoms with Crippen molar-refractivity contribution in [3.8, 4) is 16.9 Å². The molecule has 0 aliphatic carbocycles. The van der Waals surface area contributed by atoms with E-state index in [4.69, 9.17) is 0 Å². The third-order valence-corrected chi connectivity index (χ3v) is 4.43. The van der Waals surface area contributed by atoms with Gasteiger partial charge in [-0.2, -0.15) is 5.10 Å². The van der Waals surface area contributed by atoms with Gasteiger partial charge in [-0.05, 0) is 46.8 Å². The van der Waals surface area contributed by atoms with Gasteiger partial charge in [0.2, 0.25) is 0 Å². The molecule has 0 saturated heterocycles. The molecule has 2 aromatic carbocycles. The Morgan fingerprint density at radius 3 is 2.78 bits per heavy atom. The Hall–Kier alpha value is -3.48. The first-order valence-corrected chi connectivity index (χ1v) is 8.26. The molecule has 0 amide bonds. The van der Waals surface area contributed by atoms with Gasteiger partial charge < -0.3 is 9.67 Å². The fourth-order valence-corrected chi connectivity index (χ4v) is 3.13. The zero-order valence-corrected chi connectivity index (χ0v) is 14.1. The SMILES string of the molecule is O=c1c2ccc(-c3c[nH]nc3C(F)F)cc2ccn1Cc1cccc(O)c1. The molecule has 0 fully saturated rings. The number of nitrogens with zero attached hydrogens (tertiary/aromatic N) is 2.